The second kappa shape index (κ2) is 7.75. The van der Waals surface area contributed by atoms with Crippen molar-refractivity contribution in [1.82, 2.24) is 14.7 Å². The molecular weight excluding hydrogens is 330 g/mol. The number of hydrogen-bond donors (Lipinski definition) is 0. The van der Waals surface area contributed by atoms with E-state index in [9.17, 15) is 9.59 Å². The molecule has 24 heavy (non-hydrogen) atoms. The third kappa shape index (κ3) is 4.32. The molecule has 0 bridgehead atoms. The van der Waals surface area contributed by atoms with Crippen LogP contribution in [0, 0.1) is 6.92 Å². The first-order valence-corrected chi connectivity index (χ1v) is 8.35. The van der Waals surface area contributed by atoms with E-state index >= 15 is 0 Å². The van der Waals surface area contributed by atoms with Crippen LogP contribution in [0.25, 0.3) is 0 Å². The molecule has 0 aromatic heterocycles. The number of nitrogens with zero attached hydrogens (tertiary/aromatic N) is 3. The third-order valence-corrected chi connectivity index (χ3v) is 4.27. The van der Waals surface area contributed by atoms with Gasteiger partial charge in [0, 0.05) is 45.3 Å². The monoisotopic (exact) mass is 353 g/mol. The summed E-state index contributed by atoms with van der Waals surface area (Å²) in [7, 11) is 3.45. The molecule has 1 fully saturated rings. The minimum absolute atomic E-state index is 0.0248. The predicted molar refractivity (Wildman–Crippen MR) is 93.5 cm³/mol. The predicted octanol–water partition coefficient (Wildman–Crippen LogP) is 2.24. The smallest absolute Gasteiger partial charge is 0.319 e. The summed E-state index contributed by atoms with van der Waals surface area (Å²) in [5.74, 6) is 0.586. The number of carbonyl (C=O) groups excluding carboxylic acids is 2. The van der Waals surface area contributed by atoms with Gasteiger partial charge in [-0.15, -0.1) is 0 Å². The normalized spacial score (nSPS) is 15.9. The number of ether oxygens (including phenoxy) is 1. The Bertz CT molecular complexity index is 613. The second-order valence-electron chi connectivity index (χ2n) is 6.16. The summed E-state index contributed by atoms with van der Waals surface area (Å²) in [4.78, 5) is 29.5. The molecular formula is C17H24ClN3O3. The van der Waals surface area contributed by atoms with E-state index in [0.717, 1.165) is 5.56 Å². The molecule has 1 aromatic rings. The van der Waals surface area contributed by atoms with Gasteiger partial charge < -0.3 is 19.4 Å². The molecule has 7 heteroatoms. The third-order valence-electron chi connectivity index (χ3n) is 4.03. The van der Waals surface area contributed by atoms with Gasteiger partial charge in [-0.2, -0.15) is 0 Å². The molecule has 132 valence electrons. The van der Waals surface area contributed by atoms with Crippen LogP contribution in [0.1, 0.15) is 12.5 Å². The van der Waals surface area contributed by atoms with Crippen molar-refractivity contribution in [2.24, 2.45) is 0 Å². The Morgan fingerprint density at radius 2 is 1.75 bits per heavy atom. The first-order chi connectivity index (χ1) is 11.3. The van der Waals surface area contributed by atoms with Gasteiger partial charge in [0.15, 0.2) is 6.10 Å². The molecule has 3 amide bonds. The number of urea groups is 1. The molecule has 6 nitrogen and oxygen atoms in total. The minimum Gasteiger partial charge on any atom is -0.481 e. The Morgan fingerprint density at radius 1 is 1.17 bits per heavy atom. The Kier molecular flexibility index (Phi) is 5.94. The van der Waals surface area contributed by atoms with Gasteiger partial charge >= 0.3 is 6.03 Å². The summed E-state index contributed by atoms with van der Waals surface area (Å²) in [6.07, 6.45) is -0.582. The van der Waals surface area contributed by atoms with Crippen molar-refractivity contribution in [3.63, 3.8) is 0 Å². The maximum Gasteiger partial charge on any atom is 0.319 e. The molecule has 1 atom stereocenters. The highest BCUT2D eigenvalue weighted by atomic mass is 35.5. The number of halogens is 1. The first-order valence-electron chi connectivity index (χ1n) is 7.97. The van der Waals surface area contributed by atoms with Crippen molar-refractivity contribution < 1.29 is 14.3 Å². The van der Waals surface area contributed by atoms with E-state index in [2.05, 4.69) is 0 Å². The van der Waals surface area contributed by atoms with Crippen LogP contribution >= 0.6 is 11.6 Å². The average Bonchev–Trinajstić information content (AvgIpc) is 2.56. The number of carbonyl (C=O) groups is 2. The van der Waals surface area contributed by atoms with E-state index < -0.39 is 6.10 Å². The Labute approximate surface area is 147 Å². The molecule has 0 aliphatic carbocycles. The van der Waals surface area contributed by atoms with Gasteiger partial charge in [0.25, 0.3) is 5.91 Å². The lowest BCUT2D eigenvalue weighted by Gasteiger charge is -2.36. The van der Waals surface area contributed by atoms with Crippen molar-refractivity contribution >= 4 is 23.5 Å². The fraction of sp³-hybridized carbons (Fsp3) is 0.529. The lowest BCUT2D eigenvalue weighted by molar-refractivity contribution is -0.139. The summed E-state index contributed by atoms with van der Waals surface area (Å²) in [6, 6.07) is 5.30. The SMILES string of the molecule is Cc1cc(Cl)ccc1OC(C)C(=O)N1CCN(C(=O)N(C)C)CC1. The van der Waals surface area contributed by atoms with Gasteiger partial charge in [0.1, 0.15) is 5.75 Å². The molecule has 1 unspecified atom stereocenters. The average molecular weight is 354 g/mol. The highest BCUT2D eigenvalue weighted by Gasteiger charge is 2.28. The molecule has 0 saturated carbocycles. The van der Waals surface area contributed by atoms with Crippen molar-refractivity contribution in [2.75, 3.05) is 40.3 Å². The van der Waals surface area contributed by atoms with E-state index in [4.69, 9.17) is 16.3 Å². The van der Waals surface area contributed by atoms with Crippen molar-refractivity contribution in [2.45, 2.75) is 20.0 Å². The number of hydrogen-bond acceptors (Lipinski definition) is 3. The molecule has 2 rings (SSSR count). The van der Waals surface area contributed by atoms with E-state index in [1.807, 2.05) is 6.92 Å². The number of benzene rings is 1. The van der Waals surface area contributed by atoms with Crippen molar-refractivity contribution in [3.8, 4) is 5.75 Å². The van der Waals surface area contributed by atoms with Crippen LogP contribution in [-0.2, 0) is 4.79 Å². The molecule has 1 saturated heterocycles. The Hall–Kier alpha value is -1.95. The number of amides is 3. The van der Waals surface area contributed by atoms with Crippen molar-refractivity contribution in [1.29, 1.82) is 0 Å². The highest BCUT2D eigenvalue weighted by molar-refractivity contribution is 6.30. The van der Waals surface area contributed by atoms with E-state index in [1.165, 1.54) is 0 Å². The van der Waals surface area contributed by atoms with Crippen LogP contribution in [0.4, 0.5) is 4.79 Å². The van der Waals surface area contributed by atoms with Crippen LogP contribution in [-0.4, -0.2) is 73.0 Å². The van der Waals surface area contributed by atoms with Crippen LogP contribution in [0.2, 0.25) is 5.02 Å². The molecule has 0 radical (unpaired) electrons. The molecule has 0 N–H and O–H groups in total. The molecule has 1 aliphatic heterocycles. The molecule has 1 heterocycles. The Morgan fingerprint density at radius 3 is 2.29 bits per heavy atom. The maximum absolute atomic E-state index is 12.6. The minimum atomic E-state index is -0.582. The standard InChI is InChI=1S/C17H24ClN3O3/c1-12-11-14(18)5-6-15(12)24-13(2)16(22)20-7-9-21(10-8-20)17(23)19(3)4/h5-6,11,13H,7-10H2,1-4H3. The summed E-state index contributed by atoms with van der Waals surface area (Å²) in [5.41, 5.74) is 0.892. The van der Waals surface area contributed by atoms with Gasteiger partial charge in [-0.3, -0.25) is 4.79 Å². The van der Waals surface area contributed by atoms with Crippen LogP contribution < -0.4 is 4.74 Å². The zero-order valence-corrected chi connectivity index (χ0v) is 15.3. The maximum atomic E-state index is 12.6. The topological polar surface area (TPSA) is 53.1 Å². The quantitative estimate of drug-likeness (QED) is 0.837. The van der Waals surface area contributed by atoms with Gasteiger partial charge in [-0.1, -0.05) is 11.6 Å². The number of aryl methyl sites for hydroxylation is 1. The number of piperazine rings is 1. The van der Waals surface area contributed by atoms with Crippen LogP contribution in [0.3, 0.4) is 0 Å². The van der Waals surface area contributed by atoms with E-state index in [-0.39, 0.29) is 11.9 Å². The van der Waals surface area contributed by atoms with Crippen LogP contribution in [0.15, 0.2) is 18.2 Å². The number of rotatable bonds is 3. The molecule has 1 aromatic carbocycles. The largest absolute Gasteiger partial charge is 0.481 e. The zero-order chi connectivity index (χ0) is 17.9. The lowest BCUT2D eigenvalue weighted by Crippen LogP contribution is -2.54. The van der Waals surface area contributed by atoms with Gasteiger partial charge in [0.2, 0.25) is 0 Å². The van der Waals surface area contributed by atoms with Gasteiger partial charge in [-0.25, -0.2) is 4.79 Å². The first kappa shape index (κ1) is 18.4. The Balaban J connectivity index is 1.91. The second-order valence-corrected chi connectivity index (χ2v) is 6.60. The molecule has 1 aliphatic rings. The fourth-order valence-corrected chi connectivity index (χ4v) is 2.87. The van der Waals surface area contributed by atoms with Crippen LogP contribution in [0.5, 0.6) is 5.75 Å². The van der Waals surface area contributed by atoms with Gasteiger partial charge in [0.05, 0.1) is 0 Å². The summed E-state index contributed by atoms with van der Waals surface area (Å²) >= 11 is 5.93. The zero-order valence-electron chi connectivity index (χ0n) is 14.6. The highest BCUT2D eigenvalue weighted by Crippen LogP contribution is 2.23. The fourth-order valence-electron chi connectivity index (χ4n) is 2.64. The summed E-state index contributed by atoms with van der Waals surface area (Å²) in [5, 5.41) is 0.639. The van der Waals surface area contributed by atoms with Crippen molar-refractivity contribution in [3.05, 3.63) is 28.8 Å². The van der Waals surface area contributed by atoms with Gasteiger partial charge in [-0.05, 0) is 37.6 Å². The van der Waals surface area contributed by atoms with E-state index in [0.29, 0.717) is 37.0 Å². The molecule has 0 spiro atoms. The summed E-state index contributed by atoms with van der Waals surface area (Å²) < 4.78 is 5.79. The summed E-state index contributed by atoms with van der Waals surface area (Å²) in [6.45, 7) is 5.75. The van der Waals surface area contributed by atoms with E-state index in [1.54, 1.807) is 53.9 Å². The lowest BCUT2D eigenvalue weighted by atomic mass is 10.2.